The fourth-order valence-corrected chi connectivity index (χ4v) is 3.90. The number of ether oxygens (including phenoxy) is 1. The third kappa shape index (κ3) is 5.09. The SMILES string of the molecule is COCCNC(=O)CCNC(C)c1cc2c(s1)CCCC2. The lowest BCUT2D eigenvalue weighted by molar-refractivity contribution is -0.121. The summed E-state index contributed by atoms with van der Waals surface area (Å²) < 4.78 is 4.90. The molecule has 4 nitrogen and oxygen atoms in total. The molecule has 1 aliphatic carbocycles. The van der Waals surface area contributed by atoms with Crippen molar-refractivity contribution < 1.29 is 9.53 Å². The number of hydrogen-bond acceptors (Lipinski definition) is 4. The van der Waals surface area contributed by atoms with Crippen molar-refractivity contribution in [1.82, 2.24) is 10.6 Å². The van der Waals surface area contributed by atoms with Crippen LogP contribution in [0.25, 0.3) is 0 Å². The zero-order valence-electron chi connectivity index (χ0n) is 13.0. The van der Waals surface area contributed by atoms with Crippen molar-refractivity contribution in [2.45, 2.75) is 45.1 Å². The fourth-order valence-electron chi connectivity index (χ4n) is 2.61. The first-order chi connectivity index (χ1) is 10.2. The molecule has 0 aromatic carbocycles. The summed E-state index contributed by atoms with van der Waals surface area (Å²) in [6.45, 7) is 4.04. The lowest BCUT2D eigenvalue weighted by Crippen LogP contribution is -2.30. The van der Waals surface area contributed by atoms with E-state index in [1.54, 1.807) is 17.6 Å². The predicted octanol–water partition coefficient (Wildman–Crippen LogP) is 2.43. The van der Waals surface area contributed by atoms with Crippen molar-refractivity contribution in [1.29, 1.82) is 0 Å². The molecule has 21 heavy (non-hydrogen) atoms. The molecule has 118 valence electrons. The summed E-state index contributed by atoms with van der Waals surface area (Å²) in [5, 5.41) is 6.28. The number of carbonyl (C=O) groups excluding carboxylic acids is 1. The van der Waals surface area contributed by atoms with Gasteiger partial charge in [-0.25, -0.2) is 0 Å². The second-order valence-electron chi connectivity index (χ2n) is 5.57. The van der Waals surface area contributed by atoms with Gasteiger partial charge in [-0.1, -0.05) is 0 Å². The highest BCUT2D eigenvalue weighted by atomic mass is 32.1. The van der Waals surface area contributed by atoms with Crippen LogP contribution in [0, 0.1) is 0 Å². The van der Waals surface area contributed by atoms with E-state index >= 15 is 0 Å². The molecule has 0 spiro atoms. The number of aryl methyl sites for hydroxylation is 2. The summed E-state index contributed by atoms with van der Waals surface area (Å²) in [4.78, 5) is 14.6. The zero-order chi connectivity index (χ0) is 15.1. The Bertz CT molecular complexity index is 436. The van der Waals surface area contributed by atoms with E-state index in [2.05, 4.69) is 23.6 Å². The van der Waals surface area contributed by atoms with Crippen LogP contribution in [0.4, 0.5) is 0 Å². The maximum Gasteiger partial charge on any atom is 0.221 e. The quantitative estimate of drug-likeness (QED) is 0.725. The molecule has 5 heteroatoms. The Morgan fingerprint density at radius 3 is 2.95 bits per heavy atom. The number of rotatable bonds is 8. The first kappa shape index (κ1) is 16.5. The Morgan fingerprint density at radius 1 is 1.38 bits per heavy atom. The number of methoxy groups -OCH3 is 1. The highest BCUT2D eigenvalue weighted by molar-refractivity contribution is 7.12. The van der Waals surface area contributed by atoms with Crippen LogP contribution in [0.3, 0.4) is 0 Å². The Kier molecular flexibility index (Phi) is 6.67. The van der Waals surface area contributed by atoms with Crippen LogP contribution >= 0.6 is 11.3 Å². The highest BCUT2D eigenvalue weighted by Crippen LogP contribution is 2.32. The van der Waals surface area contributed by atoms with Crippen LogP contribution in [-0.2, 0) is 22.4 Å². The van der Waals surface area contributed by atoms with Gasteiger partial charge < -0.3 is 15.4 Å². The van der Waals surface area contributed by atoms with E-state index in [1.807, 2.05) is 11.3 Å². The standard InChI is InChI=1S/C16H26N2O2S/c1-12(17-8-7-16(19)18-9-10-20-2)15-11-13-5-3-4-6-14(13)21-15/h11-12,17H,3-10H2,1-2H3,(H,18,19). The molecular weight excluding hydrogens is 284 g/mol. The van der Waals surface area contributed by atoms with Gasteiger partial charge in [0.2, 0.25) is 5.91 Å². The molecule has 1 heterocycles. The summed E-state index contributed by atoms with van der Waals surface area (Å²) >= 11 is 1.94. The summed E-state index contributed by atoms with van der Waals surface area (Å²) in [7, 11) is 1.63. The van der Waals surface area contributed by atoms with Crippen LogP contribution in [0.2, 0.25) is 0 Å². The second-order valence-corrected chi connectivity index (χ2v) is 6.74. The molecule has 1 atom stereocenters. The summed E-state index contributed by atoms with van der Waals surface area (Å²) in [6.07, 6.45) is 5.65. The topological polar surface area (TPSA) is 50.4 Å². The van der Waals surface area contributed by atoms with Gasteiger partial charge in [0.05, 0.1) is 6.61 Å². The zero-order valence-corrected chi connectivity index (χ0v) is 13.9. The number of nitrogens with one attached hydrogen (secondary N) is 2. The average molecular weight is 310 g/mol. The monoisotopic (exact) mass is 310 g/mol. The Balaban J connectivity index is 1.70. The molecular formula is C16H26N2O2S. The van der Waals surface area contributed by atoms with E-state index in [4.69, 9.17) is 4.74 Å². The molecule has 1 aromatic rings. The first-order valence-corrected chi connectivity index (χ1v) is 8.63. The largest absolute Gasteiger partial charge is 0.383 e. The average Bonchev–Trinajstić information content (AvgIpc) is 2.91. The number of hydrogen-bond donors (Lipinski definition) is 2. The molecule has 0 radical (unpaired) electrons. The van der Waals surface area contributed by atoms with Crippen molar-refractivity contribution in [2.24, 2.45) is 0 Å². The van der Waals surface area contributed by atoms with E-state index < -0.39 is 0 Å². The number of carbonyl (C=O) groups is 1. The maximum atomic E-state index is 11.6. The molecule has 2 rings (SSSR count). The minimum atomic E-state index is 0.0808. The number of amides is 1. The van der Waals surface area contributed by atoms with Gasteiger partial charge in [-0.05, 0) is 44.2 Å². The van der Waals surface area contributed by atoms with Crippen LogP contribution in [0.5, 0.6) is 0 Å². The molecule has 2 N–H and O–H groups in total. The third-order valence-electron chi connectivity index (χ3n) is 3.87. The van der Waals surface area contributed by atoms with Gasteiger partial charge >= 0.3 is 0 Å². The van der Waals surface area contributed by atoms with Crippen LogP contribution in [-0.4, -0.2) is 32.7 Å². The molecule has 0 fully saturated rings. The first-order valence-electron chi connectivity index (χ1n) is 7.81. The van der Waals surface area contributed by atoms with Gasteiger partial charge in [-0.2, -0.15) is 0 Å². The number of thiophene rings is 1. The van der Waals surface area contributed by atoms with Crippen molar-refractivity contribution in [2.75, 3.05) is 26.8 Å². The van der Waals surface area contributed by atoms with Gasteiger partial charge in [0.25, 0.3) is 0 Å². The Morgan fingerprint density at radius 2 is 2.19 bits per heavy atom. The summed E-state index contributed by atoms with van der Waals surface area (Å²) in [5.74, 6) is 0.0808. The molecule has 0 bridgehead atoms. The Hall–Kier alpha value is -0.910. The van der Waals surface area contributed by atoms with Gasteiger partial charge in [0.1, 0.15) is 0 Å². The third-order valence-corrected chi connectivity index (χ3v) is 5.29. The van der Waals surface area contributed by atoms with E-state index in [0.717, 1.165) is 0 Å². The van der Waals surface area contributed by atoms with Crippen molar-refractivity contribution in [3.8, 4) is 0 Å². The van der Waals surface area contributed by atoms with E-state index in [9.17, 15) is 4.79 Å². The van der Waals surface area contributed by atoms with Gasteiger partial charge in [-0.3, -0.25) is 4.79 Å². The van der Waals surface area contributed by atoms with Gasteiger partial charge in [-0.15, -0.1) is 11.3 Å². The predicted molar refractivity (Wildman–Crippen MR) is 86.9 cm³/mol. The summed E-state index contributed by atoms with van der Waals surface area (Å²) in [5.41, 5.74) is 1.55. The van der Waals surface area contributed by atoms with E-state index in [0.29, 0.717) is 32.2 Å². The summed E-state index contributed by atoms with van der Waals surface area (Å²) in [6, 6.07) is 2.68. The number of fused-ring (bicyclic) bond motifs is 1. The van der Waals surface area contributed by atoms with Gasteiger partial charge in [0.15, 0.2) is 0 Å². The van der Waals surface area contributed by atoms with E-state index in [1.165, 1.54) is 30.6 Å². The molecule has 1 amide bonds. The van der Waals surface area contributed by atoms with Gasteiger partial charge in [0, 0.05) is 42.4 Å². The minimum absolute atomic E-state index is 0.0808. The smallest absolute Gasteiger partial charge is 0.221 e. The lowest BCUT2D eigenvalue weighted by Gasteiger charge is -2.12. The molecule has 1 aromatic heterocycles. The lowest BCUT2D eigenvalue weighted by atomic mass is 9.99. The van der Waals surface area contributed by atoms with Crippen molar-refractivity contribution in [3.05, 3.63) is 21.4 Å². The van der Waals surface area contributed by atoms with Crippen molar-refractivity contribution in [3.63, 3.8) is 0 Å². The molecule has 1 unspecified atom stereocenters. The van der Waals surface area contributed by atoms with Crippen LogP contribution in [0.1, 0.15) is 47.5 Å². The maximum absolute atomic E-state index is 11.6. The second kappa shape index (κ2) is 8.51. The molecule has 1 aliphatic rings. The van der Waals surface area contributed by atoms with E-state index in [-0.39, 0.29) is 5.91 Å². The molecule has 0 aliphatic heterocycles. The Labute approximate surface area is 131 Å². The van der Waals surface area contributed by atoms with Crippen molar-refractivity contribution >= 4 is 17.2 Å². The van der Waals surface area contributed by atoms with Crippen LogP contribution < -0.4 is 10.6 Å². The normalized spacial score (nSPS) is 15.5. The highest BCUT2D eigenvalue weighted by Gasteiger charge is 2.16. The van der Waals surface area contributed by atoms with Crippen LogP contribution in [0.15, 0.2) is 6.07 Å². The minimum Gasteiger partial charge on any atom is -0.383 e. The molecule has 0 saturated heterocycles. The molecule has 0 saturated carbocycles. The fraction of sp³-hybridized carbons (Fsp3) is 0.688.